The Morgan fingerprint density at radius 1 is 1.39 bits per heavy atom. The maximum Gasteiger partial charge on any atom is 0.253 e. The smallest absolute Gasteiger partial charge is 0.253 e. The number of carbonyl (C=O) groups is 1. The Balaban J connectivity index is 2.87. The molecule has 1 aromatic rings. The Morgan fingerprint density at radius 3 is 2.72 bits per heavy atom. The van der Waals surface area contributed by atoms with Gasteiger partial charge in [0.15, 0.2) is 0 Å². The van der Waals surface area contributed by atoms with E-state index in [2.05, 4.69) is 17.2 Å². The van der Waals surface area contributed by atoms with Crippen molar-refractivity contribution in [1.82, 2.24) is 9.88 Å². The summed E-state index contributed by atoms with van der Waals surface area (Å²) < 4.78 is 0. The molecule has 100 valence electrons. The van der Waals surface area contributed by atoms with Gasteiger partial charge in [-0.1, -0.05) is 25.4 Å². The number of amides is 1. The number of anilines is 1. The number of carbonyl (C=O) groups excluding carboxylic acids is 1. The quantitative estimate of drug-likeness (QED) is 0.808. The van der Waals surface area contributed by atoms with Crippen molar-refractivity contribution in [1.29, 1.82) is 0 Å². The van der Waals surface area contributed by atoms with E-state index in [4.69, 9.17) is 11.6 Å². The number of halogens is 1. The van der Waals surface area contributed by atoms with Gasteiger partial charge in [-0.05, 0) is 25.0 Å². The number of nitrogens with one attached hydrogen (secondary N) is 1. The fourth-order valence-corrected chi connectivity index (χ4v) is 1.83. The van der Waals surface area contributed by atoms with Gasteiger partial charge in [-0.2, -0.15) is 0 Å². The molecular formula is C13H20ClN3O. The molecule has 0 spiro atoms. The van der Waals surface area contributed by atoms with Crippen LogP contribution >= 0.6 is 11.6 Å². The number of aromatic nitrogens is 1. The predicted octanol–water partition coefficient (Wildman–Crippen LogP) is 3.04. The highest BCUT2D eigenvalue weighted by atomic mass is 35.5. The van der Waals surface area contributed by atoms with Gasteiger partial charge in [-0.25, -0.2) is 4.98 Å². The maximum atomic E-state index is 12.1. The lowest BCUT2D eigenvalue weighted by atomic mass is 10.2. The fraction of sp³-hybridized carbons (Fsp3) is 0.538. The second-order valence-corrected chi connectivity index (χ2v) is 4.60. The van der Waals surface area contributed by atoms with Crippen LogP contribution in [0.3, 0.4) is 0 Å². The molecule has 0 saturated heterocycles. The number of nitrogens with zero attached hydrogens (tertiary/aromatic N) is 2. The van der Waals surface area contributed by atoms with Crippen LogP contribution in [0.1, 0.15) is 37.0 Å². The summed E-state index contributed by atoms with van der Waals surface area (Å²) in [6.45, 7) is 5.65. The normalized spacial score (nSPS) is 10.2. The Morgan fingerprint density at radius 2 is 2.11 bits per heavy atom. The summed E-state index contributed by atoms with van der Waals surface area (Å²) in [5.41, 5.74) is 0.574. The standard InChI is InChI=1S/C13H20ClN3O/c1-4-6-15-12-9-10(8-11(14)16-12)13(18)17(3)7-5-2/h8-9H,4-7H2,1-3H3,(H,15,16). The van der Waals surface area contributed by atoms with Gasteiger partial charge in [0.1, 0.15) is 11.0 Å². The number of hydrogen-bond donors (Lipinski definition) is 1. The van der Waals surface area contributed by atoms with Gasteiger partial charge < -0.3 is 10.2 Å². The molecule has 5 heteroatoms. The van der Waals surface area contributed by atoms with E-state index in [9.17, 15) is 4.79 Å². The van der Waals surface area contributed by atoms with E-state index in [1.807, 2.05) is 6.92 Å². The molecule has 1 amide bonds. The summed E-state index contributed by atoms with van der Waals surface area (Å²) in [4.78, 5) is 18.0. The van der Waals surface area contributed by atoms with E-state index in [0.29, 0.717) is 16.5 Å². The minimum absolute atomic E-state index is 0.0271. The number of pyridine rings is 1. The molecule has 1 rings (SSSR count). The van der Waals surface area contributed by atoms with Gasteiger partial charge >= 0.3 is 0 Å². The molecule has 0 saturated carbocycles. The predicted molar refractivity (Wildman–Crippen MR) is 75.3 cm³/mol. The third-order valence-corrected chi connectivity index (χ3v) is 2.70. The Hall–Kier alpha value is -1.29. The number of hydrogen-bond acceptors (Lipinski definition) is 3. The summed E-state index contributed by atoms with van der Waals surface area (Å²) in [6, 6.07) is 3.35. The van der Waals surface area contributed by atoms with E-state index >= 15 is 0 Å². The summed E-state index contributed by atoms with van der Waals surface area (Å²) in [5, 5.41) is 3.47. The minimum Gasteiger partial charge on any atom is -0.370 e. The van der Waals surface area contributed by atoms with Gasteiger partial charge in [-0.3, -0.25) is 4.79 Å². The Labute approximate surface area is 113 Å². The largest absolute Gasteiger partial charge is 0.370 e. The lowest BCUT2D eigenvalue weighted by Gasteiger charge is -2.16. The van der Waals surface area contributed by atoms with Crippen LogP contribution in [0.5, 0.6) is 0 Å². The molecule has 0 aliphatic carbocycles. The highest BCUT2D eigenvalue weighted by Gasteiger charge is 2.13. The first kappa shape index (κ1) is 14.8. The van der Waals surface area contributed by atoms with Crippen molar-refractivity contribution in [3.63, 3.8) is 0 Å². The van der Waals surface area contributed by atoms with Crippen LogP contribution in [0.4, 0.5) is 5.82 Å². The van der Waals surface area contributed by atoms with Crippen molar-refractivity contribution in [2.45, 2.75) is 26.7 Å². The van der Waals surface area contributed by atoms with Gasteiger partial charge in [0.2, 0.25) is 0 Å². The van der Waals surface area contributed by atoms with Crippen LogP contribution in [0.2, 0.25) is 5.15 Å². The van der Waals surface area contributed by atoms with Gasteiger partial charge in [0.05, 0.1) is 0 Å². The minimum atomic E-state index is -0.0271. The monoisotopic (exact) mass is 269 g/mol. The first-order valence-corrected chi connectivity index (χ1v) is 6.63. The molecule has 1 aromatic heterocycles. The van der Waals surface area contributed by atoms with Crippen molar-refractivity contribution < 1.29 is 4.79 Å². The molecule has 1 heterocycles. The van der Waals surface area contributed by atoms with E-state index in [1.54, 1.807) is 24.1 Å². The van der Waals surface area contributed by atoms with Crippen molar-refractivity contribution in [2.24, 2.45) is 0 Å². The third kappa shape index (κ3) is 4.18. The topological polar surface area (TPSA) is 45.2 Å². The summed E-state index contributed by atoms with van der Waals surface area (Å²) in [7, 11) is 1.79. The van der Waals surface area contributed by atoms with Crippen LogP contribution in [-0.4, -0.2) is 35.9 Å². The highest BCUT2D eigenvalue weighted by Crippen LogP contribution is 2.16. The average Bonchev–Trinajstić information content (AvgIpc) is 2.35. The van der Waals surface area contributed by atoms with Crippen molar-refractivity contribution in [3.05, 3.63) is 22.8 Å². The first-order chi connectivity index (χ1) is 8.58. The second-order valence-electron chi connectivity index (χ2n) is 4.22. The highest BCUT2D eigenvalue weighted by molar-refractivity contribution is 6.29. The molecule has 0 bridgehead atoms. The zero-order valence-electron chi connectivity index (χ0n) is 11.2. The van der Waals surface area contributed by atoms with Crippen molar-refractivity contribution >= 4 is 23.3 Å². The van der Waals surface area contributed by atoms with Crippen LogP contribution in [0.15, 0.2) is 12.1 Å². The maximum absolute atomic E-state index is 12.1. The molecule has 0 aliphatic heterocycles. The SMILES string of the molecule is CCCNc1cc(C(=O)N(C)CCC)cc(Cl)n1. The van der Waals surface area contributed by atoms with Gasteiger partial charge in [0, 0.05) is 25.7 Å². The van der Waals surface area contributed by atoms with E-state index in [-0.39, 0.29) is 5.91 Å². The molecule has 0 aromatic carbocycles. The van der Waals surface area contributed by atoms with E-state index in [1.165, 1.54) is 0 Å². The number of rotatable bonds is 6. The second kappa shape index (κ2) is 7.21. The van der Waals surface area contributed by atoms with Crippen molar-refractivity contribution in [3.8, 4) is 0 Å². The van der Waals surface area contributed by atoms with Gasteiger partial charge in [-0.15, -0.1) is 0 Å². The lowest BCUT2D eigenvalue weighted by molar-refractivity contribution is 0.0795. The molecule has 4 nitrogen and oxygen atoms in total. The van der Waals surface area contributed by atoms with Crippen molar-refractivity contribution in [2.75, 3.05) is 25.5 Å². The molecule has 0 unspecified atom stereocenters. The van der Waals surface area contributed by atoms with E-state index in [0.717, 1.165) is 25.9 Å². The lowest BCUT2D eigenvalue weighted by Crippen LogP contribution is -2.27. The molecule has 0 fully saturated rings. The Kier molecular flexibility index (Phi) is 5.92. The molecule has 0 aliphatic rings. The molecule has 0 atom stereocenters. The van der Waals surface area contributed by atoms with Crippen LogP contribution in [-0.2, 0) is 0 Å². The molecule has 1 N–H and O–H groups in total. The molecule has 0 radical (unpaired) electrons. The summed E-state index contributed by atoms with van der Waals surface area (Å²) in [6.07, 6.45) is 1.93. The van der Waals surface area contributed by atoms with Crippen LogP contribution in [0, 0.1) is 0 Å². The zero-order valence-corrected chi connectivity index (χ0v) is 11.9. The summed E-state index contributed by atoms with van der Waals surface area (Å²) in [5.74, 6) is 0.623. The average molecular weight is 270 g/mol. The van der Waals surface area contributed by atoms with Crippen LogP contribution < -0.4 is 5.32 Å². The summed E-state index contributed by atoms with van der Waals surface area (Å²) >= 11 is 5.93. The first-order valence-electron chi connectivity index (χ1n) is 6.25. The zero-order chi connectivity index (χ0) is 13.5. The Bertz CT molecular complexity index is 409. The van der Waals surface area contributed by atoms with Gasteiger partial charge in [0.25, 0.3) is 5.91 Å². The third-order valence-electron chi connectivity index (χ3n) is 2.50. The fourth-order valence-electron chi connectivity index (χ4n) is 1.62. The van der Waals surface area contributed by atoms with E-state index < -0.39 is 0 Å². The van der Waals surface area contributed by atoms with Crippen LogP contribution in [0.25, 0.3) is 0 Å². The molecule has 18 heavy (non-hydrogen) atoms. The molecular weight excluding hydrogens is 250 g/mol.